The van der Waals surface area contributed by atoms with Gasteiger partial charge in [-0.15, -0.1) is 0 Å². The number of sulfonamides is 1. The lowest BCUT2D eigenvalue weighted by Crippen LogP contribution is -2.28. The fraction of sp³-hybridized carbons (Fsp3) is 1.00. The molecule has 0 amide bonds. The quantitative estimate of drug-likeness (QED) is 0.563. The van der Waals surface area contributed by atoms with Gasteiger partial charge in [0.2, 0.25) is 10.0 Å². The Labute approximate surface area is 74.6 Å². The van der Waals surface area contributed by atoms with Gasteiger partial charge in [-0.3, -0.25) is 0 Å². The molecule has 0 aliphatic carbocycles. The van der Waals surface area contributed by atoms with Crippen LogP contribution in [0.4, 0.5) is 0 Å². The summed E-state index contributed by atoms with van der Waals surface area (Å²) >= 11 is 0. The normalized spacial score (nSPS) is 11.8. The van der Waals surface area contributed by atoms with Gasteiger partial charge in [0.1, 0.15) is 0 Å². The summed E-state index contributed by atoms with van der Waals surface area (Å²) in [6.07, 6.45) is 2.42. The van der Waals surface area contributed by atoms with Crippen LogP contribution in [-0.4, -0.2) is 27.3 Å². The summed E-state index contributed by atoms with van der Waals surface area (Å²) < 4.78 is 24.7. The van der Waals surface area contributed by atoms with Crippen LogP contribution in [0.3, 0.4) is 0 Å². The molecule has 0 saturated heterocycles. The summed E-state index contributed by atoms with van der Waals surface area (Å²) in [5.41, 5.74) is 5.20. The second-order valence-corrected chi connectivity index (χ2v) is 4.64. The smallest absolute Gasteiger partial charge is 0.211 e. The maximum absolute atomic E-state index is 11.1. The van der Waals surface area contributed by atoms with Crippen LogP contribution in [0.5, 0.6) is 0 Å². The lowest BCUT2D eigenvalue weighted by atomic mass is 10.3. The highest BCUT2D eigenvalue weighted by Crippen LogP contribution is 1.90. The zero-order valence-electron chi connectivity index (χ0n) is 7.54. The Morgan fingerprint density at radius 3 is 2.50 bits per heavy atom. The van der Waals surface area contributed by atoms with E-state index >= 15 is 0 Å². The highest BCUT2D eigenvalue weighted by molar-refractivity contribution is 7.89. The molecule has 12 heavy (non-hydrogen) atoms. The first-order valence-electron chi connectivity index (χ1n) is 4.30. The van der Waals surface area contributed by atoms with Crippen LogP contribution in [0.2, 0.25) is 0 Å². The molecular formula is C7H18N2O2S. The van der Waals surface area contributed by atoms with E-state index in [1.807, 2.05) is 6.92 Å². The fourth-order valence-corrected chi connectivity index (χ4v) is 1.90. The molecule has 74 valence electrons. The van der Waals surface area contributed by atoms with Crippen molar-refractivity contribution in [1.82, 2.24) is 4.72 Å². The summed E-state index contributed by atoms with van der Waals surface area (Å²) in [5, 5.41) is 0. The molecule has 3 N–H and O–H groups in total. The van der Waals surface area contributed by atoms with Crippen molar-refractivity contribution in [3.63, 3.8) is 0 Å². The summed E-state index contributed by atoms with van der Waals surface area (Å²) in [4.78, 5) is 0. The molecule has 0 aromatic rings. The van der Waals surface area contributed by atoms with Gasteiger partial charge in [-0.05, 0) is 19.4 Å². The highest BCUT2D eigenvalue weighted by Gasteiger charge is 2.06. The van der Waals surface area contributed by atoms with E-state index in [0.717, 1.165) is 12.8 Å². The molecule has 0 aromatic heterocycles. The van der Waals surface area contributed by atoms with Gasteiger partial charge in [0, 0.05) is 6.54 Å². The maximum atomic E-state index is 11.1. The van der Waals surface area contributed by atoms with Crippen LogP contribution in [0.1, 0.15) is 26.2 Å². The van der Waals surface area contributed by atoms with E-state index in [1.165, 1.54) is 0 Å². The van der Waals surface area contributed by atoms with Crippen LogP contribution in [0.25, 0.3) is 0 Å². The Bertz CT molecular complexity index is 190. The van der Waals surface area contributed by atoms with Gasteiger partial charge in [-0.2, -0.15) is 0 Å². The minimum Gasteiger partial charge on any atom is -0.330 e. The summed E-state index contributed by atoms with van der Waals surface area (Å²) in [7, 11) is -3.05. The number of nitrogens with two attached hydrogens (primary N) is 1. The van der Waals surface area contributed by atoms with Crippen LogP contribution in [0.15, 0.2) is 0 Å². The number of nitrogens with one attached hydrogen (secondary N) is 1. The zero-order valence-corrected chi connectivity index (χ0v) is 8.36. The minimum absolute atomic E-state index is 0.146. The molecule has 4 nitrogen and oxygen atoms in total. The van der Waals surface area contributed by atoms with E-state index in [2.05, 4.69) is 4.72 Å². The van der Waals surface area contributed by atoms with Crippen molar-refractivity contribution in [2.75, 3.05) is 18.8 Å². The van der Waals surface area contributed by atoms with Crippen molar-refractivity contribution < 1.29 is 8.42 Å². The van der Waals surface area contributed by atoms with Crippen LogP contribution >= 0.6 is 0 Å². The van der Waals surface area contributed by atoms with Crippen LogP contribution in [0, 0.1) is 0 Å². The van der Waals surface area contributed by atoms with Gasteiger partial charge >= 0.3 is 0 Å². The zero-order chi connectivity index (χ0) is 9.45. The molecule has 0 radical (unpaired) electrons. The van der Waals surface area contributed by atoms with Gasteiger partial charge in [0.25, 0.3) is 0 Å². The molecule has 5 heteroatoms. The van der Waals surface area contributed by atoms with Gasteiger partial charge < -0.3 is 5.73 Å². The Hall–Kier alpha value is -0.130. The highest BCUT2D eigenvalue weighted by atomic mass is 32.2. The van der Waals surface area contributed by atoms with Crippen LogP contribution in [-0.2, 0) is 10.0 Å². The van der Waals surface area contributed by atoms with E-state index in [1.54, 1.807) is 0 Å². The Morgan fingerprint density at radius 1 is 1.33 bits per heavy atom. The largest absolute Gasteiger partial charge is 0.330 e. The molecule has 0 atom stereocenters. The number of hydrogen-bond acceptors (Lipinski definition) is 3. The van der Waals surface area contributed by atoms with Gasteiger partial charge in [0.05, 0.1) is 5.75 Å². The van der Waals surface area contributed by atoms with Crippen molar-refractivity contribution in [2.24, 2.45) is 5.73 Å². The maximum Gasteiger partial charge on any atom is 0.211 e. The molecule has 0 saturated carbocycles. The van der Waals surface area contributed by atoms with Crippen molar-refractivity contribution in [1.29, 1.82) is 0 Å². The van der Waals surface area contributed by atoms with Gasteiger partial charge in [0.15, 0.2) is 0 Å². The van der Waals surface area contributed by atoms with Gasteiger partial charge in [-0.1, -0.05) is 13.3 Å². The van der Waals surface area contributed by atoms with E-state index in [9.17, 15) is 8.42 Å². The summed E-state index contributed by atoms with van der Waals surface area (Å²) in [6, 6.07) is 0. The fourth-order valence-electron chi connectivity index (χ4n) is 0.750. The lowest BCUT2D eigenvalue weighted by Gasteiger charge is -2.04. The third-order valence-corrected chi connectivity index (χ3v) is 2.94. The first-order valence-corrected chi connectivity index (χ1v) is 5.95. The van der Waals surface area contributed by atoms with Crippen LogP contribution < -0.4 is 10.5 Å². The lowest BCUT2D eigenvalue weighted by molar-refractivity contribution is 0.576. The van der Waals surface area contributed by atoms with Crippen molar-refractivity contribution in [3.05, 3.63) is 0 Å². The average molecular weight is 194 g/mol. The van der Waals surface area contributed by atoms with Gasteiger partial charge in [-0.25, -0.2) is 13.1 Å². The molecule has 0 aliphatic rings. The van der Waals surface area contributed by atoms with Crippen molar-refractivity contribution in [3.8, 4) is 0 Å². The first kappa shape index (κ1) is 11.9. The number of hydrogen-bond donors (Lipinski definition) is 2. The van der Waals surface area contributed by atoms with Crippen molar-refractivity contribution in [2.45, 2.75) is 26.2 Å². The molecule has 0 bridgehead atoms. The molecule has 0 spiro atoms. The third kappa shape index (κ3) is 6.57. The molecule has 0 heterocycles. The molecule has 0 unspecified atom stereocenters. The standard InChI is InChI=1S/C7H18N2O2S/c1-2-3-6-9-12(10,11)7-4-5-8/h9H,2-8H2,1H3. The summed E-state index contributed by atoms with van der Waals surface area (Å²) in [6.45, 7) is 2.99. The predicted octanol–water partition coefficient (Wildman–Crippen LogP) is 0.0547. The second kappa shape index (κ2) is 6.39. The molecule has 0 rings (SSSR count). The topological polar surface area (TPSA) is 72.2 Å². The van der Waals surface area contributed by atoms with Crippen molar-refractivity contribution >= 4 is 10.0 Å². The third-order valence-electron chi connectivity index (χ3n) is 1.47. The van der Waals surface area contributed by atoms with E-state index in [-0.39, 0.29) is 5.75 Å². The monoisotopic (exact) mass is 194 g/mol. The molecule has 0 aliphatic heterocycles. The Morgan fingerprint density at radius 2 is 2.00 bits per heavy atom. The minimum atomic E-state index is -3.05. The number of unbranched alkanes of at least 4 members (excludes halogenated alkanes) is 1. The molecular weight excluding hydrogens is 176 g/mol. The predicted molar refractivity (Wildman–Crippen MR) is 50.4 cm³/mol. The first-order chi connectivity index (χ1) is 5.62. The van der Waals surface area contributed by atoms with E-state index < -0.39 is 10.0 Å². The van der Waals surface area contributed by atoms with E-state index in [4.69, 9.17) is 5.73 Å². The average Bonchev–Trinajstić information content (AvgIpc) is 2.01. The Kier molecular flexibility index (Phi) is 6.32. The summed E-state index contributed by atoms with van der Waals surface area (Å²) in [5.74, 6) is 0.146. The molecule has 0 aromatic carbocycles. The second-order valence-electron chi connectivity index (χ2n) is 2.71. The van der Waals surface area contributed by atoms with E-state index in [0.29, 0.717) is 19.5 Å². The number of rotatable bonds is 7. The molecule has 0 fully saturated rings. The Balaban J connectivity index is 3.58. The SMILES string of the molecule is CCCCNS(=O)(=O)CCCN.